The number of phenols is 2. The van der Waals surface area contributed by atoms with E-state index in [0.29, 0.717) is 28.7 Å². The van der Waals surface area contributed by atoms with E-state index in [9.17, 15) is 15.0 Å². The SMILES string of the molecule is COc1cccc(N2C(=O)NC3=Nc4c(cnn4C(C)(C)C)[C@H](c4cc(OC)c(O)c(O)c4OC)[C@@H]32)c1. The molecule has 2 aromatic carbocycles. The molecule has 11 heteroatoms. The Bertz CT molecular complexity index is 1420. The number of amides is 2. The summed E-state index contributed by atoms with van der Waals surface area (Å²) in [4.78, 5) is 19.8. The van der Waals surface area contributed by atoms with E-state index in [1.807, 2.05) is 26.8 Å². The molecule has 11 nitrogen and oxygen atoms in total. The van der Waals surface area contributed by atoms with Crippen molar-refractivity contribution >= 4 is 23.4 Å². The number of aromatic hydroxyl groups is 2. The molecule has 2 atom stereocenters. The van der Waals surface area contributed by atoms with Gasteiger partial charge >= 0.3 is 6.03 Å². The Morgan fingerprint density at radius 3 is 2.41 bits per heavy atom. The summed E-state index contributed by atoms with van der Waals surface area (Å²) >= 11 is 0. The second-order valence-electron chi connectivity index (χ2n) is 9.83. The molecule has 0 bridgehead atoms. The van der Waals surface area contributed by atoms with E-state index in [0.717, 1.165) is 5.56 Å². The molecule has 0 aliphatic carbocycles. The van der Waals surface area contributed by atoms with Gasteiger partial charge in [-0.05, 0) is 39.0 Å². The van der Waals surface area contributed by atoms with Crippen LogP contribution in [-0.4, -0.2) is 59.2 Å². The average molecular weight is 508 g/mol. The summed E-state index contributed by atoms with van der Waals surface area (Å²) in [5.41, 5.74) is 1.41. The molecule has 37 heavy (non-hydrogen) atoms. The number of hydrogen-bond donors (Lipinski definition) is 3. The number of ether oxygens (including phenoxy) is 3. The zero-order valence-electron chi connectivity index (χ0n) is 21.4. The molecule has 0 radical (unpaired) electrons. The van der Waals surface area contributed by atoms with Crippen molar-refractivity contribution in [3.05, 3.63) is 47.7 Å². The minimum Gasteiger partial charge on any atom is -0.502 e. The lowest BCUT2D eigenvalue weighted by Gasteiger charge is -2.34. The first-order valence-corrected chi connectivity index (χ1v) is 11.7. The minimum atomic E-state index is -0.646. The summed E-state index contributed by atoms with van der Waals surface area (Å²) in [6.07, 6.45) is 1.72. The smallest absolute Gasteiger partial charge is 0.328 e. The molecule has 3 N–H and O–H groups in total. The van der Waals surface area contributed by atoms with Crippen molar-refractivity contribution in [2.75, 3.05) is 26.2 Å². The van der Waals surface area contributed by atoms with Gasteiger partial charge in [0.15, 0.2) is 17.3 Å². The highest BCUT2D eigenvalue weighted by molar-refractivity contribution is 6.18. The van der Waals surface area contributed by atoms with E-state index >= 15 is 0 Å². The van der Waals surface area contributed by atoms with Crippen LogP contribution in [0.15, 0.2) is 41.5 Å². The first kappa shape index (κ1) is 24.3. The summed E-state index contributed by atoms with van der Waals surface area (Å²) < 4.78 is 18.1. The number of benzene rings is 2. The molecule has 2 aliphatic heterocycles. The average Bonchev–Trinajstić information content (AvgIpc) is 3.44. The number of phenolic OH excluding ortho intramolecular Hbond substituents is 2. The fourth-order valence-electron chi connectivity index (χ4n) is 4.97. The Morgan fingerprint density at radius 2 is 1.76 bits per heavy atom. The highest BCUT2D eigenvalue weighted by atomic mass is 16.5. The summed E-state index contributed by atoms with van der Waals surface area (Å²) in [6, 6.07) is 7.76. The molecule has 3 heterocycles. The molecule has 1 saturated heterocycles. The number of hydrogen-bond acceptors (Lipinski definition) is 8. The van der Waals surface area contributed by atoms with Gasteiger partial charge in [-0.1, -0.05) is 6.07 Å². The number of carbonyl (C=O) groups excluding carboxylic acids is 1. The third-order valence-corrected chi connectivity index (χ3v) is 6.61. The molecule has 3 aromatic rings. The van der Waals surface area contributed by atoms with E-state index in [-0.39, 0.29) is 17.5 Å². The molecule has 2 aliphatic rings. The number of anilines is 1. The van der Waals surface area contributed by atoms with Gasteiger partial charge in [0.2, 0.25) is 11.5 Å². The number of urea groups is 1. The fourth-order valence-corrected chi connectivity index (χ4v) is 4.97. The zero-order valence-corrected chi connectivity index (χ0v) is 21.4. The number of aromatic nitrogens is 2. The lowest BCUT2D eigenvalue weighted by atomic mass is 9.82. The molecule has 0 spiro atoms. The fraction of sp³-hybridized carbons (Fsp3) is 0.346. The Hall–Kier alpha value is -4.41. The van der Waals surface area contributed by atoms with Crippen molar-refractivity contribution in [2.45, 2.75) is 38.3 Å². The standard InChI is InChI=1S/C26H29N5O6/c1-26(2,3)31-24-16(12-27-31)18(15-11-17(36-5)20(32)21(33)22(15)37-6)19-23(28-24)29-25(34)30(19)13-8-7-9-14(10-13)35-4/h7-12,18-19,32-33H,1-6H3,(H,28,29,34)/t18-,19-/m0/s1. The van der Waals surface area contributed by atoms with Crippen LogP contribution in [0.25, 0.3) is 0 Å². The number of carbonyl (C=O) groups is 1. The predicted octanol–water partition coefficient (Wildman–Crippen LogP) is 3.85. The van der Waals surface area contributed by atoms with Crippen LogP contribution < -0.4 is 24.4 Å². The number of rotatable bonds is 5. The molecule has 0 saturated carbocycles. The normalized spacial score (nSPS) is 18.6. The van der Waals surface area contributed by atoms with Crippen molar-refractivity contribution in [3.63, 3.8) is 0 Å². The summed E-state index contributed by atoms with van der Waals surface area (Å²) in [5.74, 6) is 0.204. The van der Waals surface area contributed by atoms with Gasteiger partial charge in [0.25, 0.3) is 0 Å². The number of nitrogens with zero attached hydrogens (tertiary/aromatic N) is 4. The first-order chi connectivity index (χ1) is 17.6. The quantitative estimate of drug-likeness (QED) is 0.447. The minimum absolute atomic E-state index is 0.0592. The lowest BCUT2D eigenvalue weighted by Crippen LogP contribution is -2.42. The van der Waals surface area contributed by atoms with Crippen LogP contribution in [0, 0.1) is 0 Å². The van der Waals surface area contributed by atoms with Crippen molar-refractivity contribution in [1.82, 2.24) is 15.1 Å². The molecule has 1 fully saturated rings. The highest BCUT2D eigenvalue weighted by Crippen LogP contribution is 2.53. The maximum Gasteiger partial charge on any atom is 0.328 e. The van der Waals surface area contributed by atoms with Crippen LogP contribution >= 0.6 is 0 Å². The maximum absolute atomic E-state index is 13.4. The first-order valence-electron chi connectivity index (χ1n) is 11.7. The van der Waals surface area contributed by atoms with Gasteiger partial charge in [-0.3, -0.25) is 10.2 Å². The molecule has 5 rings (SSSR count). The van der Waals surface area contributed by atoms with Gasteiger partial charge in [0.1, 0.15) is 17.6 Å². The molecular formula is C26H29N5O6. The van der Waals surface area contributed by atoms with Gasteiger partial charge in [-0.15, -0.1) is 0 Å². The Kier molecular flexibility index (Phi) is 5.65. The van der Waals surface area contributed by atoms with Crippen LogP contribution in [0.5, 0.6) is 28.7 Å². The lowest BCUT2D eigenvalue weighted by molar-refractivity contribution is 0.252. The van der Waals surface area contributed by atoms with Crippen LogP contribution in [-0.2, 0) is 5.54 Å². The van der Waals surface area contributed by atoms with Crippen molar-refractivity contribution in [2.24, 2.45) is 4.99 Å². The second-order valence-corrected chi connectivity index (χ2v) is 9.83. The molecule has 1 aromatic heterocycles. The van der Waals surface area contributed by atoms with Crippen LogP contribution in [0.3, 0.4) is 0 Å². The molecule has 0 unspecified atom stereocenters. The van der Waals surface area contributed by atoms with E-state index in [2.05, 4.69) is 10.4 Å². The zero-order chi connectivity index (χ0) is 26.6. The van der Waals surface area contributed by atoms with Gasteiger partial charge in [0, 0.05) is 28.8 Å². The highest BCUT2D eigenvalue weighted by Gasteiger charge is 2.49. The Balaban J connectivity index is 1.80. The van der Waals surface area contributed by atoms with E-state index < -0.39 is 29.0 Å². The largest absolute Gasteiger partial charge is 0.502 e. The molecule has 194 valence electrons. The number of nitrogens with one attached hydrogen (secondary N) is 1. The maximum atomic E-state index is 13.4. The van der Waals surface area contributed by atoms with Crippen LogP contribution in [0.1, 0.15) is 37.8 Å². The van der Waals surface area contributed by atoms with Gasteiger partial charge in [0.05, 0.1) is 33.1 Å². The van der Waals surface area contributed by atoms with E-state index in [4.69, 9.17) is 19.2 Å². The number of methoxy groups -OCH3 is 3. The van der Waals surface area contributed by atoms with Gasteiger partial charge in [-0.25, -0.2) is 14.5 Å². The predicted molar refractivity (Wildman–Crippen MR) is 137 cm³/mol. The third kappa shape index (κ3) is 3.69. The molecule has 2 amide bonds. The second kappa shape index (κ2) is 8.61. The molecular weight excluding hydrogens is 478 g/mol. The van der Waals surface area contributed by atoms with Gasteiger partial charge < -0.3 is 24.4 Å². The Morgan fingerprint density at radius 1 is 1.00 bits per heavy atom. The van der Waals surface area contributed by atoms with Crippen molar-refractivity contribution < 1.29 is 29.2 Å². The topological polar surface area (TPSA) is 131 Å². The monoisotopic (exact) mass is 507 g/mol. The van der Waals surface area contributed by atoms with Crippen molar-refractivity contribution in [3.8, 4) is 28.7 Å². The number of fused-ring (bicyclic) bond motifs is 2. The number of aliphatic imine (C=N–C) groups is 1. The summed E-state index contributed by atoms with van der Waals surface area (Å²) in [7, 11) is 4.35. The van der Waals surface area contributed by atoms with Crippen molar-refractivity contribution in [1.29, 1.82) is 0 Å². The third-order valence-electron chi connectivity index (χ3n) is 6.61. The van der Waals surface area contributed by atoms with Crippen LogP contribution in [0.4, 0.5) is 16.3 Å². The van der Waals surface area contributed by atoms with E-state index in [1.165, 1.54) is 14.2 Å². The van der Waals surface area contributed by atoms with E-state index in [1.54, 1.807) is 47.2 Å². The Labute approximate surface area is 213 Å². The summed E-state index contributed by atoms with van der Waals surface area (Å²) in [5, 5.41) is 28.8. The van der Waals surface area contributed by atoms with Crippen LogP contribution in [0.2, 0.25) is 0 Å². The summed E-state index contributed by atoms with van der Waals surface area (Å²) in [6.45, 7) is 6.02. The van der Waals surface area contributed by atoms with Gasteiger partial charge in [-0.2, -0.15) is 5.10 Å². The number of amidine groups is 1.